The highest BCUT2D eigenvalue weighted by Gasteiger charge is 2.21. The molecule has 3 rings (SSSR count). The Morgan fingerprint density at radius 3 is 2.60 bits per heavy atom. The van der Waals surface area contributed by atoms with Crippen LogP contribution in [0.1, 0.15) is 17.5 Å². The largest absolute Gasteiger partial charge is 0.492 e. The number of nitrogens with two attached hydrogens (primary N) is 1. The highest BCUT2D eigenvalue weighted by Crippen LogP contribution is 2.32. The van der Waals surface area contributed by atoms with Crippen molar-refractivity contribution in [2.75, 3.05) is 24.6 Å². The van der Waals surface area contributed by atoms with Crippen LogP contribution < -0.4 is 14.8 Å². The Morgan fingerprint density at radius 2 is 1.92 bits per heavy atom. The van der Waals surface area contributed by atoms with E-state index < -0.39 is 10.0 Å². The molecule has 1 aliphatic rings. The number of nitrogens with zero attached hydrogens (tertiary/aromatic N) is 1. The lowest BCUT2D eigenvalue weighted by Gasteiger charge is -2.33. The lowest BCUT2D eigenvalue weighted by Crippen LogP contribution is -2.34. The van der Waals surface area contributed by atoms with Gasteiger partial charge in [0, 0.05) is 17.8 Å². The number of aryl methyl sites for hydroxylation is 1. The summed E-state index contributed by atoms with van der Waals surface area (Å²) in [5.74, 6) is 0.422. The van der Waals surface area contributed by atoms with Gasteiger partial charge in [0.1, 0.15) is 18.2 Å². The van der Waals surface area contributed by atoms with Gasteiger partial charge in [-0.1, -0.05) is 6.07 Å². The fourth-order valence-corrected chi connectivity index (χ4v) is 3.70. The van der Waals surface area contributed by atoms with Gasteiger partial charge in [-0.25, -0.2) is 17.9 Å². The summed E-state index contributed by atoms with van der Waals surface area (Å²) in [6.07, 6.45) is 1.67. The van der Waals surface area contributed by atoms with Gasteiger partial charge in [0.25, 0.3) is 0 Å². The van der Waals surface area contributed by atoms with E-state index in [1.807, 2.05) is 6.92 Å². The van der Waals surface area contributed by atoms with Gasteiger partial charge in [0.15, 0.2) is 0 Å². The normalized spacial score (nSPS) is 14.3. The van der Waals surface area contributed by atoms with Gasteiger partial charge in [0.2, 0.25) is 10.0 Å². The summed E-state index contributed by atoms with van der Waals surface area (Å²) in [5, 5.41) is 5.07. The number of ether oxygens (including phenoxy) is 1. The topological polar surface area (TPSA) is 72.6 Å². The molecule has 0 atom stereocenters. The number of primary sulfonamides is 1. The van der Waals surface area contributed by atoms with Crippen molar-refractivity contribution in [1.29, 1.82) is 0 Å². The molecule has 2 aromatic rings. The van der Waals surface area contributed by atoms with Crippen molar-refractivity contribution < 1.29 is 17.5 Å². The average molecular weight is 364 g/mol. The third-order valence-electron chi connectivity index (χ3n) is 4.38. The SMILES string of the molecule is Cc1ccc(F)c2c1N(CCOc1ccc(S(N)(=O)=O)cc1)CCC2. The molecular formula is C18H21FN2O3S. The Hall–Kier alpha value is -2.12. The molecule has 0 aromatic heterocycles. The highest BCUT2D eigenvalue weighted by molar-refractivity contribution is 7.89. The van der Waals surface area contributed by atoms with Gasteiger partial charge in [0.05, 0.1) is 11.4 Å². The van der Waals surface area contributed by atoms with Crippen molar-refractivity contribution in [2.45, 2.75) is 24.7 Å². The molecule has 0 spiro atoms. The van der Waals surface area contributed by atoms with Crippen molar-refractivity contribution in [3.8, 4) is 5.75 Å². The second-order valence-electron chi connectivity index (χ2n) is 6.15. The maximum absolute atomic E-state index is 14.0. The molecule has 0 aliphatic carbocycles. The Balaban J connectivity index is 1.65. The molecule has 0 saturated carbocycles. The van der Waals surface area contributed by atoms with Crippen LogP contribution >= 0.6 is 0 Å². The zero-order valence-corrected chi connectivity index (χ0v) is 14.9. The molecule has 0 bridgehead atoms. The zero-order valence-electron chi connectivity index (χ0n) is 14.0. The number of halogens is 1. The summed E-state index contributed by atoms with van der Waals surface area (Å²) in [4.78, 5) is 2.20. The molecule has 7 heteroatoms. The summed E-state index contributed by atoms with van der Waals surface area (Å²) in [6, 6.07) is 9.32. The van der Waals surface area contributed by atoms with Crippen molar-refractivity contribution in [2.24, 2.45) is 5.14 Å². The Kier molecular flexibility index (Phi) is 4.96. The molecule has 0 unspecified atom stereocenters. The molecule has 1 heterocycles. The zero-order chi connectivity index (χ0) is 18.0. The summed E-state index contributed by atoms with van der Waals surface area (Å²) < 4.78 is 42.2. The summed E-state index contributed by atoms with van der Waals surface area (Å²) in [6.45, 7) is 3.91. The molecule has 0 saturated heterocycles. The molecule has 5 nitrogen and oxygen atoms in total. The van der Waals surface area contributed by atoms with Crippen LogP contribution in [0.2, 0.25) is 0 Å². The smallest absolute Gasteiger partial charge is 0.238 e. The Labute approximate surface area is 147 Å². The number of anilines is 1. The van der Waals surface area contributed by atoms with E-state index in [9.17, 15) is 12.8 Å². The van der Waals surface area contributed by atoms with Crippen LogP contribution in [0, 0.1) is 12.7 Å². The van der Waals surface area contributed by atoms with Gasteiger partial charge in [-0.15, -0.1) is 0 Å². The fourth-order valence-electron chi connectivity index (χ4n) is 3.19. The lowest BCUT2D eigenvalue weighted by molar-refractivity contribution is 0.322. The predicted molar refractivity (Wildman–Crippen MR) is 95.0 cm³/mol. The minimum absolute atomic E-state index is 0.0518. The average Bonchev–Trinajstić information content (AvgIpc) is 2.58. The van der Waals surface area contributed by atoms with Gasteiger partial charge >= 0.3 is 0 Å². The predicted octanol–water partition coefficient (Wildman–Crippen LogP) is 2.61. The van der Waals surface area contributed by atoms with Crippen molar-refractivity contribution in [3.05, 3.63) is 53.3 Å². The first-order valence-corrected chi connectivity index (χ1v) is 9.69. The van der Waals surface area contributed by atoms with Crippen molar-refractivity contribution in [3.63, 3.8) is 0 Å². The monoisotopic (exact) mass is 364 g/mol. The summed E-state index contributed by atoms with van der Waals surface area (Å²) in [7, 11) is -3.70. The van der Waals surface area contributed by atoms with E-state index in [2.05, 4.69) is 4.90 Å². The van der Waals surface area contributed by atoms with E-state index in [0.29, 0.717) is 18.9 Å². The van der Waals surface area contributed by atoms with Crippen molar-refractivity contribution >= 4 is 15.7 Å². The van der Waals surface area contributed by atoms with Gasteiger partial charge in [-0.05, 0) is 55.7 Å². The number of sulfonamides is 1. The second kappa shape index (κ2) is 7.01. The summed E-state index contributed by atoms with van der Waals surface area (Å²) >= 11 is 0. The molecule has 2 N–H and O–H groups in total. The van der Waals surface area contributed by atoms with Crippen LogP contribution in [-0.4, -0.2) is 28.1 Å². The van der Waals surface area contributed by atoms with Crippen LogP contribution in [0.25, 0.3) is 0 Å². The number of fused-ring (bicyclic) bond motifs is 1. The Morgan fingerprint density at radius 1 is 1.20 bits per heavy atom. The highest BCUT2D eigenvalue weighted by atomic mass is 32.2. The first kappa shape index (κ1) is 17.7. The van der Waals surface area contributed by atoms with E-state index in [0.717, 1.165) is 36.2 Å². The first-order valence-electron chi connectivity index (χ1n) is 8.15. The van der Waals surface area contributed by atoms with Crippen LogP contribution in [0.3, 0.4) is 0 Å². The quantitative estimate of drug-likeness (QED) is 0.885. The molecular weight excluding hydrogens is 343 g/mol. The minimum atomic E-state index is -3.70. The van der Waals surface area contributed by atoms with E-state index in [1.165, 1.54) is 18.2 Å². The molecule has 25 heavy (non-hydrogen) atoms. The molecule has 1 aliphatic heterocycles. The third-order valence-corrected chi connectivity index (χ3v) is 5.31. The number of hydrogen-bond acceptors (Lipinski definition) is 4. The molecule has 0 radical (unpaired) electrons. The lowest BCUT2D eigenvalue weighted by atomic mass is 9.97. The number of benzene rings is 2. The van der Waals surface area contributed by atoms with Gasteiger partial charge < -0.3 is 9.64 Å². The van der Waals surface area contributed by atoms with E-state index in [1.54, 1.807) is 18.2 Å². The molecule has 134 valence electrons. The molecule has 0 fully saturated rings. The van der Waals surface area contributed by atoms with Crippen LogP contribution in [0.5, 0.6) is 5.75 Å². The Bertz CT molecular complexity index is 867. The van der Waals surface area contributed by atoms with E-state index >= 15 is 0 Å². The van der Waals surface area contributed by atoms with E-state index in [-0.39, 0.29) is 10.7 Å². The van der Waals surface area contributed by atoms with Crippen LogP contribution in [0.4, 0.5) is 10.1 Å². The van der Waals surface area contributed by atoms with Crippen LogP contribution in [-0.2, 0) is 16.4 Å². The maximum atomic E-state index is 14.0. The minimum Gasteiger partial charge on any atom is -0.492 e. The van der Waals surface area contributed by atoms with Crippen molar-refractivity contribution in [1.82, 2.24) is 0 Å². The van der Waals surface area contributed by atoms with Crippen LogP contribution in [0.15, 0.2) is 41.3 Å². The molecule has 2 aromatic carbocycles. The van der Waals surface area contributed by atoms with E-state index in [4.69, 9.17) is 9.88 Å². The van der Waals surface area contributed by atoms with Gasteiger partial charge in [-0.3, -0.25) is 0 Å². The summed E-state index contributed by atoms with van der Waals surface area (Å²) in [5.41, 5.74) is 2.82. The maximum Gasteiger partial charge on any atom is 0.238 e. The third kappa shape index (κ3) is 3.93. The number of rotatable bonds is 5. The molecule has 0 amide bonds. The van der Waals surface area contributed by atoms with Gasteiger partial charge in [-0.2, -0.15) is 0 Å². The standard InChI is InChI=1S/C18H21FN2O3S/c1-13-4-9-17(19)16-3-2-10-21(18(13)16)11-12-24-14-5-7-15(8-6-14)25(20,22)23/h4-9H,2-3,10-12H2,1H3,(H2,20,22,23). The first-order chi connectivity index (χ1) is 11.9. The number of hydrogen-bond donors (Lipinski definition) is 1. The second-order valence-corrected chi connectivity index (χ2v) is 7.71. The fraction of sp³-hybridized carbons (Fsp3) is 0.333.